The SMILES string of the molecule is CC(=O)OSc1cc(C)ccc1[N+](=O)[O-]. The fraction of sp³-hybridized carbons (Fsp3) is 0.222. The maximum absolute atomic E-state index is 10.6. The fourth-order valence-electron chi connectivity index (χ4n) is 0.942. The number of rotatable bonds is 3. The average Bonchev–Trinajstić information content (AvgIpc) is 2.14. The average molecular weight is 227 g/mol. The highest BCUT2D eigenvalue weighted by Crippen LogP contribution is 2.30. The van der Waals surface area contributed by atoms with Crippen LogP contribution in [0.25, 0.3) is 0 Å². The number of hydrogen-bond acceptors (Lipinski definition) is 5. The third-order valence-corrected chi connectivity index (χ3v) is 2.39. The molecule has 1 aromatic carbocycles. The van der Waals surface area contributed by atoms with Gasteiger partial charge >= 0.3 is 5.97 Å². The van der Waals surface area contributed by atoms with Gasteiger partial charge in [0.25, 0.3) is 5.69 Å². The smallest absolute Gasteiger partial charge is 0.315 e. The first-order valence-corrected chi connectivity index (χ1v) is 4.85. The number of nitro benzene ring substituents is 1. The van der Waals surface area contributed by atoms with Gasteiger partial charge in [-0.3, -0.25) is 14.9 Å². The number of carbonyl (C=O) groups is 1. The first-order valence-electron chi connectivity index (χ1n) is 4.11. The minimum Gasteiger partial charge on any atom is -0.386 e. The lowest BCUT2D eigenvalue weighted by Crippen LogP contribution is -1.94. The van der Waals surface area contributed by atoms with Crippen molar-refractivity contribution in [3.05, 3.63) is 33.9 Å². The van der Waals surface area contributed by atoms with E-state index in [1.54, 1.807) is 12.1 Å². The van der Waals surface area contributed by atoms with E-state index < -0.39 is 10.9 Å². The second-order valence-electron chi connectivity index (χ2n) is 2.89. The molecule has 6 heteroatoms. The standard InChI is InChI=1S/C9H9NO4S/c1-6-3-4-8(10(12)13)9(5-6)15-14-7(2)11/h3-5H,1-2H3. The molecule has 0 fully saturated rings. The van der Waals surface area contributed by atoms with Crippen LogP contribution in [0, 0.1) is 17.0 Å². The van der Waals surface area contributed by atoms with Gasteiger partial charge in [0.1, 0.15) is 16.9 Å². The van der Waals surface area contributed by atoms with Gasteiger partial charge in [-0.25, -0.2) is 0 Å². The summed E-state index contributed by atoms with van der Waals surface area (Å²) in [5.74, 6) is -0.490. The van der Waals surface area contributed by atoms with Crippen LogP contribution in [0.4, 0.5) is 5.69 Å². The second-order valence-corrected chi connectivity index (χ2v) is 3.66. The molecule has 0 spiro atoms. The van der Waals surface area contributed by atoms with Gasteiger partial charge in [0.2, 0.25) is 0 Å². The molecule has 0 N–H and O–H groups in total. The summed E-state index contributed by atoms with van der Waals surface area (Å²) < 4.78 is 4.65. The molecule has 0 aliphatic carbocycles. The molecule has 0 bridgehead atoms. The van der Waals surface area contributed by atoms with E-state index in [0.29, 0.717) is 16.9 Å². The van der Waals surface area contributed by atoms with Gasteiger partial charge in [-0.2, -0.15) is 0 Å². The van der Waals surface area contributed by atoms with Crippen LogP contribution in [0.15, 0.2) is 23.1 Å². The summed E-state index contributed by atoms with van der Waals surface area (Å²) in [6, 6.07) is 4.63. The van der Waals surface area contributed by atoms with Crippen molar-refractivity contribution in [1.29, 1.82) is 0 Å². The molecule has 0 heterocycles. The Bertz CT molecular complexity index is 405. The zero-order valence-electron chi connectivity index (χ0n) is 8.22. The van der Waals surface area contributed by atoms with Crippen molar-refractivity contribution >= 4 is 23.7 Å². The number of carbonyl (C=O) groups excluding carboxylic acids is 1. The normalized spacial score (nSPS) is 9.73. The Morgan fingerprint density at radius 2 is 2.20 bits per heavy atom. The van der Waals surface area contributed by atoms with Crippen molar-refractivity contribution in [2.24, 2.45) is 0 Å². The van der Waals surface area contributed by atoms with E-state index in [2.05, 4.69) is 4.18 Å². The summed E-state index contributed by atoms with van der Waals surface area (Å²) in [4.78, 5) is 21.0. The van der Waals surface area contributed by atoms with Crippen LogP contribution in [-0.2, 0) is 8.98 Å². The van der Waals surface area contributed by atoms with Crippen molar-refractivity contribution in [2.45, 2.75) is 18.7 Å². The van der Waals surface area contributed by atoms with Crippen LogP contribution in [-0.4, -0.2) is 10.9 Å². The van der Waals surface area contributed by atoms with Crippen molar-refractivity contribution in [3.63, 3.8) is 0 Å². The van der Waals surface area contributed by atoms with Crippen LogP contribution >= 0.6 is 12.0 Å². The predicted octanol–water partition coefficient (Wildman–Crippen LogP) is 2.47. The molecule has 0 radical (unpaired) electrons. The summed E-state index contributed by atoms with van der Waals surface area (Å²) >= 11 is 0.706. The topological polar surface area (TPSA) is 69.4 Å². The van der Waals surface area contributed by atoms with Gasteiger partial charge in [0, 0.05) is 13.0 Å². The van der Waals surface area contributed by atoms with E-state index in [1.165, 1.54) is 13.0 Å². The maximum atomic E-state index is 10.6. The van der Waals surface area contributed by atoms with E-state index in [-0.39, 0.29) is 5.69 Å². The zero-order chi connectivity index (χ0) is 11.4. The molecule has 80 valence electrons. The predicted molar refractivity (Wildman–Crippen MR) is 55.5 cm³/mol. The molecule has 0 aromatic heterocycles. The van der Waals surface area contributed by atoms with Gasteiger partial charge in [-0.05, 0) is 18.6 Å². The van der Waals surface area contributed by atoms with Gasteiger partial charge in [-0.15, -0.1) is 0 Å². The Balaban J connectivity index is 2.96. The summed E-state index contributed by atoms with van der Waals surface area (Å²) in [5, 5.41) is 10.6. The molecular weight excluding hydrogens is 218 g/mol. The molecule has 0 aliphatic rings. The summed E-state index contributed by atoms with van der Waals surface area (Å²) in [7, 11) is 0. The monoisotopic (exact) mass is 227 g/mol. The number of nitro groups is 1. The summed E-state index contributed by atoms with van der Waals surface area (Å²) in [5.41, 5.74) is 0.808. The Morgan fingerprint density at radius 1 is 1.53 bits per heavy atom. The lowest BCUT2D eigenvalue weighted by molar-refractivity contribution is -0.387. The third kappa shape index (κ3) is 3.25. The lowest BCUT2D eigenvalue weighted by atomic mass is 10.2. The lowest BCUT2D eigenvalue weighted by Gasteiger charge is -2.02. The van der Waals surface area contributed by atoms with Crippen LogP contribution in [0.2, 0.25) is 0 Å². The third-order valence-electron chi connectivity index (χ3n) is 1.56. The van der Waals surface area contributed by atoms with E-state index in [0.717, 1.165) is 5.56 Å². The molecule has 5 nitrogen and oxygen atoms in total. The minimum absolute atomic E-state index is 0.0631. The Morgan fingerprint density at radius 3 is 2.73 bits per heavy atom. The first-order chi connectivity index (χ1) is 7.00. The van der Waals surface area contributed by atoms with Crippen molar-refractivity contribution < 1.29 is 13.9 Å². The molecule has 0 saturated heterocycles. The fourth-order valence-corrected chi connectivity index (χ4v) is 1.61. The van der Waals surface area contributed by atoms with E-state index in [1.807, 2.05) is 6.92 Å². The Labute approximate surface area is 90.8 Å². The molecule has 1 rings (SSSR count). The zero-order valence-corrected chi connectivity index (χ0v) is 9.04. The van der Waals surface area contributed by atoms with Gasteiger partial charge in [0.15, 0.2) is 0 Å². The van der Waals surface area contributed by atoms with Gasteiger partial charge in [0.05, 0.1) is 4.92 Å². The highest BCUT2D eigenvalue weighted by atomic mass is 32.2. The molecule has 0 unspecified atom stereocenters. The maximum Gasteiger partial charge on any atom is 0.315 e. The van der Waals surface area contributed by atoms with E-state index in [9.17, 15) is 14.9 Å². The molecule has 0 aliphatic heterocycles. The largest absolute Gasteiger partial charge is 0.386 e. The molecule has 1 aromatic rings. The molecule has 15 heavy (non-hydrogen) atoms. The number of aryl methyl sites for hydroxylation is 1. The Kier molecular flexibility index (Phi) is 3.68. The number of hydrogen-bond donors (Lipinski definition) is 0. The molecule has 0 amide bonds. The van der Waals surface area contributed by atoms with Crippen LogP contribution in [0.5, 0.6) is 0 Å². The molecular formula is C9H9NO4S. The first kappa shape index (κ1) is 11.5. The highest BCUT2D eigenvalue weighted by molar-refractivity contribution is 7.95. The van der Waals surface area contributed by atoms with Gasteiger partial charge in [-0.1, -0.05) is 6.07 Å². The van der Waals surface area contributed by atoms with Crippen LogP contribution < -0.4 is 0 Å². The quantitative estimate of drug-likeness (QED) is 0.450. The van der Waals surface area contributed by atoms with Gasteiger partial charge < -0.3 is 4.18 Å². The van der Waals surface area contributed by atoms with Crippen LogP contribution in [0.1, 0.15) is 12.5 Å². The van der Waals surface area contributed by atoms with E-state index in [4.69, 9.17) is 0 Å². The summed E-state index contributed by atoms with van der Waals surface area (Å²) in [6.07, 6.45) is 0. The number of nitrogens with zero attached hydrogens (tertiary/aromatic N) is 1. The molecule has 0 saturated carbocycles. The number of benzene rings is 1. The minimum atomic E-state index is -0.509. The van der Waals surface area contributed by atoms with Crippen molar-refractivity contribution in [3.8, 4) is 0 Å². The highest BCUT2D eigenvalue weighted by Gasteiger charge is 2.15. The van der Waals surface area contributed by atoms with Crippen molar-refractivity contribution in [2.75, 3.05) is 0 Å². The summed E-state index contributed by atoms with van der Waals surface area (Å²) in [6.45, 7) is 3.05. The van der Waals surface area contributed by atoms with Crippen molar-refractivity contribution in [1.82, 2.24) is 0 Å². The van der Waals surface area contributed by atoms with E-state index >= 15 is 0 Å². The Hall–Kier alpha value is -1.56. The van der Waals surface area contributed by atoms with Crippen LogP contribution in [0.3, 0.4) is 0 Å². The second kappa shape index (κ2) is 4.79. The molecule has 0 atom stereocenters.